The molecule has 0 unspecified atom stereocenters. The number of hydrogen-bond donors (Lipinski definition) is 4. The van der Waals surface area contributed by atoms with Gasteiger partial charge in [0.05, 0.1) is 44.5 Å². The molecule has 2 aromatic carbocycles. The normalized spacial score (nSPS) is 9.93. The number of carbonyl (C=O) groups is 3. The molecule has 0 aliphatic rings. The van der Waals surface area contributed by atoms with Gasteiger partial charge < -0.3 is 29.7 Å². The first-order valence-corrected chi connectivity index (χ1v) is 15.1. The fraction of sp³-hybridized carbons (Fsp3) is 0.364. The number of benzene rings is 2. The number of amides is 3. The molecule has 0 aliphatic carbocycles. The Kier molecular flexibility index (Phi) is 15.4. The Morgan fingerprint density at radius 3 is 1.76 bits per heavy atom. The van der Waals surface area contributed by atoms with Gasteiger partial charge >= 0.3 is 12.2 Å². The van der Waals surface area contributed by atoms with Gasteiger partial charge in [0, 0.05) is 6.54 Å². The molecule has 2 aromatic heterocycles. The van der Waals surface area contributed by atoms with Crippen LogP contribution in [-0.2, 0) is 20.8 Å². The molecule has 0 bridgehead atoms. The lowest BCUT2D eigenvalue weighted by Gasteiger charge is -2.21. The highest BCUT2D eigenvalue weighted by Gasteiger charge is 2.16. The number of ether oxygens (including phenoxy) is 2. The van der Waals surface area contributed by atoms with Crippen LogP contribution in [0.1, 0.15) is 53.3 Å². The fourth-order valence-electron chi connectivity index (χ4n) is 4.03. The van der Waals surface area contributed by atoms with Crippen molar-refractivity contribution in [2.24, 2.45) is 0 Å². The predicted octanol–water partition coefficient (Wildman–Crippen LogP) is 6.85. The van der Waals surface area contributed by atoms with E-state index in [1.54, 1.807) is 17.3 Å². The van der Waals surface area contributed by atoms with Crippen molar-refractivity contribution in [3.63, 3.8) is 0 Å². The average molecular weight is 620 g/mol. The summed E-state index contributed by atoms with van der Waals surface area (Å²) in [5.41, 5.74) is 5.58. The molecule has 0 spiro atoms. The molecular weight excluding hydrogens is 574 g/mol. The minimum Gasteiger partial charge on any atom is -0.453 e. The van der Waals surface area contributed by atoms with Gasteiger partial charge in [0.2, 0.25) is 11.9 Å². The van der Waals surface area contributed by atoms with Gasteiger partial charge in [0.15, 0.2) is 0 Å². The number of methoxy groups -OCH3 is 2. The number of anilines is 1. The van der Waals surface area contributed by atoms with E-state index in [1.165, 1.54) is 20.6 Å². The Morgan fingerprint density at radius 2 is 1.24 bits per heavy atom. The average Bonchev–Trinajstić information content (AvgIpc) is 3.74. The third-order valence-corrected chi connectivity index (χ3v) is 6.09. The maximum Gasteiger partial charge on any atom is 0.413 e. The largest absolute Gasteiger partial charge is 0.453 e. The van der Waals surface area contributed by atoms with Crippen LogP contribution in [0.25, 0.3) is 33.6 Å². The van der Waals surface area contributed by atoms with E-state index in [-0.39, 0.29) is 12.5 Å². The van der Waals surface area contributed by atoms with Crippen LogP contribution >= 0.6 is 0 Å². The SMILES string of the molecule is CC.CCC.CCCN(Cc1ncc(-c2ccc(-c3ccc(-c4cnc(NC(=O)OC)[nH]4)cc3)cc2)[nH]1)C(=O)CNC(=O)OC. The van der Waals surface area contributed by atoms with Crippen molar-refractivity contribution in [1.82, 2.24) is 30.2 Å². The van der Waals surface area contributed by atoms with Crippen LogP contribution in [0, 0.1) is 0 Å². The molecule has 45 heavy (non-hydrogen) atoms. The van der Waals surface area contributed by atoms with E-state index < -0.39 is 12.2 Å². The summed E-state index contributed by atoms with van der Waals surface area (Å²) < 4.78 is 9.11. The van der Waals surface area contributed by atoms with Crippen molar-refractivity contribution in [3.05, 3.63) is 66.7 Å². The molecule has 0 atom stereocenters. The number of aromatic amines is 2. The number of imidazole rings is 2. The molecule has 0 saturated carbocycles. The lowest BCUT2D eigenvalue weighted by molar-refractivity contribution is -0.130. The summed E-state index contributed by atoms with van der Waals surface area (Å²) in [4.78, 5) is 51.8. The molecule has 12 nitrogen and oxygen atoms in total. The van der Waals surface area contributed by atoms with Gasteiger partial charge in [-0.1, -0.05) is 89.6 Å². The van der Waals surface area contributed by atoms with Crippen LogP contribution in [0.3, 0.4) is 0 Å². The zero-order valence-corrected chi connectivity index (χ0v) is 27.2. The van der Waals surface area contributed by atoms with Crippen LogP contribution in [0.15, 0.2) is 60.9 Å². The zero-order valence-electron chi connectivity index (χ0n) is 27.2. The smallest absolute Gasteiger partial charge is 0.413 e. The van der Waals surface area contributed by atoms with Gasteiger partial charge in [-0.15, -0.1) is 0 Å². The summed E-state index contributed by atoms with van der Waals surface area (Å²) in [6, 6.07) is 16.1. The Balaban J connectivity index is 0.00000133. The van der Waals surface area contributed by atoms with Crippen LogP contribution < -0.4 is 10.6 Å². The first-order chi connectivity index (χ1) is 21.8. The van der Waals surface area contributed by atoms with Crippen molar-refractivity contribution in [3.8, 4) is 33.6 Å². The maximum absolute atomic E-state index is 12.5. The lowest BCUT2D eigenvalue weighted by atomic mass is 10.0. The van der Waals surface area contributed by atoms with Gasteiger partial charge in [-0.05, 0) is 28.7 Å². The highest BCUT2D eigenvalue weighted by atomic mass is 16.5. The van der Waals surface area contributed by atoms with Crippen molar-refractivity contribution >= 4 is 24.0 Å². The van der Waals surface area contributed by atoms with Gasteiger partial charge in [-0.2, -0.15) is 0 Å². The summed E-state index contributed by atoms with van der Waals surface area (Å²) >= 11 is 0. The number of H-pyrrole nitrogens is 2. The van der Waals surface area contributed by atoms with Crippen LogP contribution in [0.2, 0.25) is 0 Å². The van der Waals surface area contributed by atoms with Crippen molar-refractivity contribution in [1.29, 1.82) is 0 Å². The number of nitrogens with zero attached hydrogens (tertiary/aromatic N) is 3. The van der Waals surface area contributed by atoms with E-state index in [0.717, 1.165) is 40.1 Å². The molecule has 3 amide bonds. The first-order valence-electron chi connectivity index (χ1n) is 15.1. The second kappa shape index (κ2) is 19.2. The Bertz CT molecular complexity index is 1460. The molecule has 4 N–H and O–H groups in total. The van der Waals surface area contributed by atoms with E-state index in [0.29, 0.717) is 24.9 Å². The highest BCUT2D eigenvalue weighted by molar-refractivity contribution is 5.83. The number of nitrogens with one attached hydrogen (secondary N) is 4. The topological polar surface area (TPSA) is 154 Å². The minimum atomic E-state index is -0.647. The number of carbonyl (C=O) groups excluding carboxylic acids is 3. The molecule has 0 saturated heterocycles. The molecule has 4 aromatic rings. The van der Waals surface area contributed by atoms with E-state index in [2.05, 4.69) is 53.9 Å². The van der Waals surface area contributed by atoms with Crippen LogP contribution in [0.5, 0.6) is 0 Å². The summed E-state index contributed by atoms with van der Waals surface area (Å²) in [6.45, 7) is 10.9. The van der Waals surface area contributed by atoms with Crippen molar-refractivity contribution in [2.75, 3.05) is 32.6 Å². The third-order valence-electron chi connectivity index (χ3n) is 6.09. The monoisotopic (exact) mass is 619 g/mol. The molecular formula is C33H45N7O5. The van der Waals surface area contributed by atoms with E-state index >= 15 is 0 Å². The van der Waals surface area contributed by atoms with Gasteiger partial charge in [-0.25, -0.2) is 19.6 Å². The van der Waals surface area contributed by atoms with E-state index in [9.17, 15) is 14.4 Å². The van der Waals surface area contributed by atoms with Gasteiger partial charge in [-0.3, -0.25) is 10.1 Å². The van der Waals surface area contributed by atoms with Crippen LogP contribution in [-0.4, -0.2) is 70.2 Å². The fourth-order valence-corrected chi connectivity index (χ4v) is 4.03. The minimum absolute atomic E-state index is 0.141. The predicted molar refractivity (Wildman–Crippen MR) is 176 cm³/mol. The summed E-state index contributed by atoms with van der Waals surface area (Å²) in [5.74, 6) is 0.744. The Labute approximate surface area is 265 Å². The standard InChI is InChI=1S/C28H31N7O5.C3H8.C2H6/c1-4-13-35(25(36)16-31-27(37)39-2)17-24-29-14-22(32-24)20-9-5-18(6-10-20)19-7-11-21(12-8-19)23-15-30-26(33-23)34-28(38)40-3;1-3-2;1-2/h5-12,14-15H,4,13,16-17H2,1-3H3,(H,29,32)(H,31,37)(H2,30,33,34,38);3H2,1-2H3;1-2H3. The van der Waals surface area contributed by atoms with Gasteiger partial charge in [0.1, 0.15) is 12.4 Å². The van der Waals surface area contributed by atoms with Crippen molar-refractivity contribution in [2.45, 2.75) is 54.0 Å². The second-order valence-corrected chi connectivity index (χ2v) is 9.53. The quantitative estimate of drug-likeness (QED) is 0.151. The molecule has 2 heterocycles. The molecule has 12 heteroatoms. The van der Waals surface area contributed by atoms with E-state index in [1.807, 2.05) is 69.3 Å². The molecule has 0 radical (unpaired) electrons. The molecule has 0 aliphatic heterocycles. The highest BCUT2D eigenvalue weighted by Crippen LogP contribution is 2.27. The van der Waals surface area contributed by atoms with Crippen LogP contribution in [0.4, 0.5) is 15.5 Å². The maximum atomic E-state index is 12.5. The first kappa shape index (κ1) is 36.1. The third kappa shape index (κ3) is 11.1. The number of aromatic nitrogens is 4. The number of hydrogen-bond acceptors (Lipinski definition) is 7. The summed E-state index contributed by atoms with van der Waals surface area (Å²) in [7, 11) is 2.54. The van der Waals surface area contributed by atoms with E-state index in [4.69, 9.17) is 0 Å². The molecule has 4 rings (SSSR count). The molecule has 242 valence electrons. The molecule has 0 fully saturated rings. The number of alkyl carbamates (subject to hydrolysis) is 1. The van der Waals surface area contributed by atoms with Crippen molar-refractivity contribution < 1.29 is 23.9 Å². The summed E-state index contributed by atoms with van der Waals surface area (Å²) in [5, 5.41) is 4.92. The Hall–Kier alpha value is -5.13. The number of rotatable bonds is 10. The zero-order chi connectivity index (χ0) is 33.2. The second-order valence-electron chi connectivity index (χ2n) is 9.53. The summed E-state index contributed by atoms with van der Waals surface area (Å²) in [6.07, 6.45) is 4.17. The van der Waals surface area contributed by atoms with Gasteiger partial charge in [0.25, 0.3) is 0 Å². The lowest BCUT2D eigenvalue weighted by Crippen LogP contribution is -2.40. The Morgan fingerprint density at radius 1 is 0.756 bits per heavy atom.